The van der Waals surface area contributed by atoms with Crippen molar-refractivity contribution in [3.63, 3.8) is 0 Å². The van der Waals surface area contributed by atoms with Gasteiger partial charge in [-0.25, -0.2) is 0 Å². The van der Waals surface area contributed by atoms with Gasteiger partial charge in [-0.1, -0.05) is 60.7 Å². The number of benzene rings is 2. The number of aliphatic hydroxyl groups is 1. The van der Waals surface area contributed by atoms with E-state index in [4.69, 9.17) is 37.9 Å². The molecule has 1 N–H and O–H groups in total. The Labute approximate surface area is 256 Å². The molecular weight excluding hydrogens is 576 g/mol. The molecule has 240 valence electrons. The molecule has 2 saturated heterocycles. The van der Waals surface area contributed by atoms with Gasteiger partial charge in [-0.3, -0.25) is 14.4 Å². The van der Waals surface area contributed by atoms with E-state index in [-0.39, 0.29) is 13.2 Å². The standard InChI is InChI=1S/C32H40O12/c1-18-25(37-16-23-12-8-6-9-13-23)27(38-17-24-14-10-7-11-15-24)29(31(36)39-18)44-32-30(43-22(5)35)28(42-21(4)34)26(19(2)40-32)41-20(3)33/h6-15,18-19,25-32,36H,16-17H2,1-5H3/t18-,19-,25-,26+,27+,28+,29+,30+,31+,32-/m0/s1. The third kappa shape index (κ3) is 8.84. The molecule has 2 aliphatic heterocycles. The zero-order valence-electron chi connectivity index (χ0n) is 25.4. The van der Waals surface area contributed by atoms with Gasteiger partial charge in [-0.2, -0.15) is 0 Å². The van der Waals surface area contributed by atoms with Crippen LogP contribution >= 0.6 is 0 Å². The maximum atomic E-state index is 12.2. The highest BCUT2D eigenvalue weighted by Crippen LogP contribution is 2.34. The largest absolute Gasteiger partial charge is 0.456 e. The molecule has 44 heavy (non-hydrogen) atoms. The third-order valence-electron chi connectivity index (χ3n) is 7.24. The molecule has 2 heterocycles. The predicted octanol–water partition coefficient (Wildman–Crippen LogP) is 2.82. The molecule has 0 bridgehead atoms. The molecular formula is C32H40O12. The summed E-state index contributed by atoms with van der Waals surface area (Å²) >= 11 is 0. The van der Waals surface area contributed by atoms with Crippen molar-refractivity contribution < 1.29 is 57.4 Å². The molecule has 0 amide bonds. The Morgan fingerprint density at radius 2 is 1.07 bits per heavy atom. The number of ether oxygens (including phenoxy) is 8. The summed E-state index contributed by atoms with van der Waals surface area (Å²) in [6.07, 6.45) is -10.9. The van der Waals surface area contributed by atoms with Crippen molar-refractivity contribution in [1.82, 2.24) is 0 Å². The Balaban J connectivity index is 1.64. The van der Waals surface area contributed by atoms with Crippen LogP contribution in [-0.4, -0.2) is 84.4 Å². The summed E-state index contributed by atoms with van der Waals surface area (Å²) in [6, 6.07) is 19.0. The van der Waals surface area contributed by atoms with Gasteiger partial charge in [0.25, 0.3) is 0 Å². The minimum absolute atomic E-state index is 0.163. The number of carbonyl (C=O) groups excluding carboxylic acids is 3. The van der Waals surface area contributed by atoms with E-state index in [1.54, 1.807) is 13.8 Å². The first kappa shape index (κ1) is 33.5. The average molecular weight is 617 g/mol. The lowest BCUT2D eigenvalue weighted by Gasteiger charge is -2.48. The molecule has 0 aliphatic carbocycles. The molecule has 4 rings (SSSR count). The molecule has 2 aromatic carbocycles. The van der Waals surface area contributed by atoms with Gasteiger partial charge in [0.05, 0.1) is 25.4 Å². The minimum Gasteiger partial charge on any atom is -0.456 e. The molecule has 2 aromatic rings. The number of aliphatic hydroxyl groups excluding tert-OH is 1. The summed E-state index contributed by atoms with van der Waals surface area (Å²) in [6.45, 7) is 7.29. The lowest BCUT2D eigenvalue weighted by Crippen LogP contribution is -2.65. The summed E-state index contributed by atoms with van der Waals surface area (Å²) < 4.78 is 47.3. The second-order valence-electron chi connectivity index (χ2n) is 10.8. The Morgan fingerprint density at radius 3 is 1.59 bits per heavy atom. The van der Waals surface area contributed by atoms with Gasteiger partial charge in [0, 0.05) is 20.8 Å². The van der Waals surface area contributed by atoms with Crippen LogP contribution in [0.2, 0.25) is 0 Å². The van der Waals surface area contributed by atoms with Crippen LogP contribution < -0.4 is 0 Å². The lowest BCUT2D eigenvalue weighted by molar-refractivity contribution is -0.364. The summed E-state index contributed by atoms with van der Waals surface area (Å²) in [5.41, 5.74) is 1.80. The second kappa shape index (κ2) is 15.6. The van der Waals surface area contributed by atoms with Crippen LogP contribution in [-0.2, 0) is 65.5 Å². The maximum Gasteiger partial charge on any atom is 0.303 e. The first-order valence-electron chi connectivity index (χ1n) is 14.5. The molecule has 12 nitrogen and oxygen atoms in total. The molecule has 0 saturated carbocycles. The molecule has 10 atom stereocenters. The van der Waals surface area contributed by atoms with Gasteiger partial charge in [0.1, 0.15) is 18.3 Å². The van der Waals surface area contributed by atoms with E-state index in [1.807, 2.05) is 60.7 Å². The lowest BCUT2D eigenvalue weighted by atomic mass is 9.97. The highest BCUT2D eigenvalue weighted by atomic mass is 16.8. The Bertz CT molecular complexity index is 1220. The Kier molecular flexibility index (Phi) is 11.8. The molecule has 12 heteroatoms. The molecule has 0 aromatic heterocycles. The smallest absolute Gasteiger partial charge is 0.303 e. The number of esters is 3. The monoisotopic (exact) mass is 616 g/mol. The van der Waals surface area contributed by atoms with Crippen molar-refractivity contribution in [2.45, 2.75) is 109 Å². The van der Waals surface area contributed by atoms with Gasteiger partial charge in [-0.05, 0) is 25.0 Å². The Hall–Kier alpha value is -3.39. The zero-order chi connectivity index (χ0) is 31.8. The van der Waals surface area contributed by atoms with Crippen LogP contribution in [0.1, 0.15) is 45.7 Å². The summed E-state index contributed by atoms with van der Waals surface area (Å²) in [7, 11) is 0. The van der Waals surface area contributed by atoms with Gasteiger partial charge in [-0.15, -0.1) is 0 Å². The fourth-order valence-electron chi connectivity index (χ4n) is 5.32. The van der Waals surface area contributed by atoms with Crippen LogP contribution in [0.3, 0.4) is 0 Å². The van der Waals surface area contributed by atoms with Crippen LogP contribution in [0.25, 0.3) is 0 Å². The maximum absolute atomic E-state index is 12.2. The summed E-state index contributed by atoms with van der Waals surface area (Å²) in [5, 5.41) is 11.2. The third-order valence-corrected chi connectivity index (χ3v) is 7.24. The Morgan fingerprint density at radius 1 is 0.614 bits per heavy atom. The van der Waals surface area contributed by atoms with E-state index < -0.39 is 79.3 Å². The van der Waals surface area contributed by atoms with Crippen molar-refractivity contribution in [3.05, 3.63) is 71.8 Å². The van der Waals surface area contributed by atoms with Crippen LogP contribution in [0.5, 0.6) is 0 Å². The fraction of sp³-hybridized carbons (Fsp3) is 0.531. The number of rotatable bonds is 11. The molecule has 2 aliphatic rings. The second-order valence-corrected chi connectivity index (χ2v) is 10.8. The number of carbonyl (C=O) groups is 3. The van der Waals surface area contributed by atoms with Crippen LogP contribution in [0.15, 0.2) is 60.7 Å². The van der Waals surface area contributed by atoms with E-state index in [2.05, 4.69) is 0 Å². The van der Waals surface area contributed by atoms with Gasteiger partial charge in [0.15, 0.2) is 30.9 Å². The normalized spacial score (nSPS) is 32.0. The zero-order valence-corrected chi connectivity index (χ0v) is 25.4. The number of hydrogen-bond acceptors (Lipinski definition) is 12. The van der Waals surface area contributed by atoms with E-state index in [9.17, 15) is 19.5 Å². The molecule has 0 spiro atoms. The average Bonchev–Trinajstić information content (AvgIpc) is 2.97. The minimum atomic E-state index is -1.50. The highest BCUT2D eigenvalue weighted by molar-refractivity contribution is 5.68. The van der Waals surface area contributed by atoms with Gasteiger partial charge < -0.3 is 43.0 Å². The molecule has 0 radical (unpaired) electrons. The summed E-state index contributed by atoms with van der Waals surface area (Å²) in [4.78, 5) is 36.2. The first-order valence-corrected chi connectivity index (χ1v) is 14.5. The highest BCUT2D eigenvalue weighted by Gasteiger charge is 2.54. The topological polar surface area (TPSA) is 145 Å². The van der Waals surface area contributed by atoms with E-state index in [0.717, 1.165) is 11.1 Å². The van der Waals surface area contributed by atoms with Crippen molar-refractivity contribution >= 4 is 17.9 Å². The van der Waals surface area contributed by atoms with Crippen molar-refractivity contribution in [1.29, 1.82) is 0 Å². The van der Waals surface area contributed by atoms with Crippen LogP contribution in [0.4, 0.5) is 0 Å². The summed E-state index contributed by atoms with van der Waals surface area (Å²) in [5.74, 6) is -2.08. The first-order chi connectivity index (χ1) is 21.0. The predicted molar refractivity (Wildman–Crippen MR) is 152 cm³/mol. The van der Waals surface area contributed by atoms with Gasteiger partial charge >= 0.3 is 17.9 Å². The fourth-order valence-corrected chi connectivity index (χ4v) is 5.32. The van der Waals surface area contributed by atoms with Gasteiger partial charge in [0.2, 0.25) is 0 Å². The van der Waals surface area contributed by atoms with E-state index in [0.29, 0.717) is 0 Å². The van der Waals surface area contributed by atoms with Crippen molar-refractivity contribution in [3.8, 4) is 0 Å². The number of hydrogen-bond donors (Lipinski definition) is 1. The SMILES string of the molecule is CC(=O)O[C@H]1[C@@H](OC(C)=O)[C@H](O[C@@H]2[C@H](OCc3ccccc3)[C@@H](OCc3ccccc3)[C@H](C)O[C@H]2O)O[C@@H](C)[C@H]1OC(C)=O. The quantitative estimate of drug-likeness (QED) is 0.293. The van der Waals surface area contributed by atoms with Crippen LogP contribution in [0, 0.1) is 0 Å². The van der Waals surface area contributed by atoms with E-state index >= 15 is 0 Å². The van der Waals surface area contributed by atoms with Crippen molar-refractivity contribution in [2.75, 3.05) is 0 Å². The van der Waals surface area contributed by atoms with Crippen molar-refractivity contribution in [2.24, 2.45) is 0 Å². The molecule has 0 unspecified atom stereocenters. The van der Waals surface area contributed by atoms with E-state index in [1.165, 1.54) is 20.8 Å². The molecule has 2 fully saturated rings.